The molecular formula is C54H46N4O4. The van der Waals surface area contributed by atoms with Crippen molar-refractivity contribution in [3.63, 3.8) is 0 Å². The second-order valence-corrected chi connectivity index (χ2v) is 16.2. The zero-order chi connectivity index (χ0) is 42.3. The van der Waals surface area contributed by atoms with Crippen LogP contribution in [0.4, 0.5) is 22.7 Å². The Labute approximate surface area is 362 Å². The van der Waals surface area contributed by atoms with Gasteiger partial charge in [-0.25, -0.2) is 0 Å². The van der Waals surface area contributed by atoms with Gasteiger partial charge in [0.25, 0.3) is 11.8 Å². The van der Waals surface area contributed by atoms with Gasteiger partial charge in [0.15, 0.2) is 0 Å². The summed E-state index contributed by atoms with van der Waals surface area (Å²) in [5.41, 5.74) is 7.41. The minimum absolute atomic E-state index is 0.108. The van der Waals surface area contributed by atoms with Crippen LogP contribution < -0.4 is 29.1 Å². The van der Waals surface area contributed by atoms with Crippen LogP contribution in [0.15, 0.2) is 158 Å². The van der Waals surface area contributed by atoms with Crippen LogP contribution in [0.2, 0.25) is 0 Å². The van der Waals surface area contributed by atoms with Crippen LogP contribution in [0.3, 0.4) is 0 Å². The van der Waals surface area contributed by atoms with Gasteiger partial charge in [0.05, 0.1) is 0 Å². The van der Waals surface area contributed by atoms with Crippen LogP contribution in [0.5, 0.6) is 23.0 Å². The predicted molar refractivity (Wildman–Crippen MR) is 246 cm³/mol. The molecule has 0 fully saturated rings. The molecule has 11 rings (SSSR count). The van der Waals surface area contributed by atoms with Crippen molar-refractivity contribution in [3.05, 3.63) is 202 Å². The summed E-state index contributed by atoms with van der Waals surface area (Å²) in [7, 11) is 0. The van der Waals surface area contributed by atoms with E-state index in [0.29, 0.717) is 34.1 Å². The fourth-order valence-electron chi connectivity index (χ4n) is 10.8. The fraction of sp³-hybridized carbons (Fsp3) is 0.185. The van der Waals surface area contributed by atoms with Gasteiger partial charge in [-0.15, -0.1) is 0 Å². The molecule has 8 heteroatoms. The minimum Gasteiger partial charge on any atom is -0.456 e. The highest BCUT2D eigenvalue weighted by Gasteiger charge is 2.61. The molecule has 0 aliphatic carbocycles. The average Bonchev–Trinajstić information content (AvgIpc) is 3.72. The first kappa shape index (κ1) is 37.7. The maximum absolute atomic E-state index is 15.2. The van der Waals surface area contributed by atoms with Crippen molar-refractivity contribution in [1.29, 1.82) is 0 Å². The summed E-state index contributed by atoms with van der Waals surface area (Å²) in [6.45, 7) is 11.9. The first-order chi connectivity index (χ1) is 30.4. The number of amides is 2. The highest BCUT2D eigenvalue weighted by molar-refractivity contribution is 6.16. The first-order valence-corrected chi connectivity index (χ1v) is 21.7. The van der Waals surface area contributed by atoms with Crippen molar-refractivity contribution in [2.75, 3.05) is 45.8 Å². The van der Waals surface area contributed by atoms with Gasteiger partial charge in [-0.1, -0.05) is 84.9 Å². The SMILES string of the molecule is CCN(CC)c1ccc2c(c1)Oc1cc3c(cc1C21c2ccccc2C(=O)N1c1ccccc1)C1(c2ccc(N(CC)CC)cc2O3)c2ccccc2C(=O)N1c1ccccc1. The molecule has 2 unspecified atom stereocenters. The molecule has 8 nitrogen and oxygen atoms in total. The maximum Gasteiger partial charge on any atom is 0.260 e. The van der Waals surface area contributed by atoms with Crippen LogP contribution in [-0.2, 0) is 11.1 Å². The number of ether oxygens (including phenoxy) is 2. The van der Waals surface area contributed by atoms with Crippen LogP contribution in [-0.4, -0.2) is 38.0 Å². The Morgan fingerprint density at radius 1 is 0.403 bits per heavy atom. The third-order valence-corrected chi connectivity index (χ3v) is 13.5. The highest BCUT2D eigenvalue weighted by atomic mass is 16.5. The zero-order valence-corrected chi connectivity index (χ0v) is 35.3. The number of carbonyl (C=O) groups is 2. The van der Waals surface area contributed by atoms with Gasteiger partial charge in [-0.3, -0.25) is 19.4 Å². The minimum atomic E-state index is -1.18. The lowest BCUT2D eigenvalue weighted by Crippen LogP contribution is -2.50. The second kappa shape index (κ2) is 14.1. The summed E-state index contributed by atoms with van der Waals surface area (Å²) in [5.74, 6) is 2.25. The van der Waals surface area contributed by atoms with Crippen LogP contribution in [0.25, 0.3) is 0 Å². The number of nitrogens with zero attached hydrogens (tertiary/aromatic N) is 4. The Hall–Kier alpha value is -7.32. The van der Waals surface area contributed by atoms with Crippen LogP contribution in [0.1, 0.15) is 81.8 Å². The van der Waals surface area contributed by atoms with E-state index >= 15 is 9.59 Å². The number of anilines is 4. The maximum atomic E-state index is 15.2. The molecule has 62 heavy (non-hydrogen) atoms. The van der Waals surface area contributed by atoms with E-state index < -0.39 is 11.1 Å². The van der Waals surface area contributed by atoms with Gasteiger partial charge in [0.1, 0.15) is 34.1 Å². The number of rotatable bonds is 8. The lowest BCUT2D eigenvalue weighted by molar-refractivity contribution is 0.0978. The number of hydrogen-bond donors (Lipinski definition) is 0. The molecule has 0 radical (unpaired) electrons. The summed E-state index contributed by atoms with van der Waals surface area (Å²) in [6, 6.07) is 52.7. The quantitative estimate of drug-likeness (QED) is 0.152. The molecule has 4 heterocycles. The number of carbonyl (C=O) groups excluding carboxylic acids is 2. The molecule has 2 amide bonds. The number of fused-ring (bicyclic) bond motifs is 12. The van der Waals surface area contributed by atoms with Gasteiger partial charge in [0.2, 0.25) is 0 Å². The number of hydrogen-bond acceptors (Lipinski definition) is 6. The van der Waals surface area contributed by atoms with Crippen molar-refractivity contribution in [2.45, 2.75) is 38.8 Å². The number of benzene rings is 7. The molecule has 2 atom stereocenters. The lowest BCUT2D eigenvalue weighted by atomic mass is 9.70. The molecule has 7 aromatic carbocycles. The Morgan fingerprint density at radius 2 is 0.774 bits per heavy atom. The standard InChI is InChI=1S/C54H46N4O4/c1-5-55(6-2)37-27-29-43-47(31-37)61-49-34-50-46(33-45(49)53(43)41-25-17-15-23-39(41)51(59)57(53)35-19-11-9-12-20-35)54(44-30-28-38(32-48(44)62-50)56(7-3)8-4)42-26-18-16-24-40(42)52(60)58(54)36-21-13-10-14-22-36/h9-34H,5-8H2,1-4H3. The second-order valence-electron chi connectivity index (χ2n) is 16.2. The molecular weight excluding hydrogens is 769 g/mol. The van der Waals surface area contributed by atoms with Crippen LogP contribution in [0, 0.1) is 0 Å². The van der Waals surface area contributed by atoms with Gasteiger partial charge in [-0.2, -0.15) is 0 Å². The summed E-state index contributed by atoms with van der Waals surface area (Å²) >= 11 is 0. The Kier molecular flexibility index (Phi) is 8.58. The number of para-hydroxylation sites is 2. The Bertz CT molecular complexity index is 2750. The van der Waals surface area contributed by atoms with Crippen molar-refractivity contribution in [1.82, 2.24) is 0 Å². The highest BCUT2D eigenvalue weighted by Crippen LogP contribution is 2.64. The summed E-state index contributed by atoms with van der Waals surface area (Å²) in [6.07, 6.45) is 0. The molecule has 4 aliphatic rings. The molecule has 0 N–H and O–H groups in total. The van der Waals surface area contributed by atoms with E-state index in [4.69, 9.17) is 9.47 Å². The van der Waals surface area contributed by atoms with E-state index in [2.05, 4.69) is 92.1 Å². The third-order valence-electron chi connectivity index (χ3n) is 13.5. The molecule has 0 aromatic heterocycles. The Morgan fingerprint density at radius 3 is 1.18 bits per heavy atom. The predicted octanol–water partition coefficient (Wildman–Crippen LogP) is 11.5. The molecule has 306 valence electrons. The van der Waals surface area contributed by atoms with Crippen molar-refractivity contribution in [3.8, 4) is 23.0 Å². The smallest absolute Gasteiger partial charge is 0.260 e. The Balaban J connectivity index is 1.28. The molecule has 0 saturated carbocycles. The fourth-order valence-corrected chi connectivity index (χ4v) is 10.8. The van der Waals surface area contributed by atoms with Crippen molar-refractivity contribution >= 4 is 34.6 Å². The zero-order valence-electron chi connectivity index (χ0n) is 35.3. The molecule has 4 aliphatic heterocycles. The van der Waals surface area contributed by atoms with E-state index in [1.54, 1.807) is 0 Å². The first-order valence-electron chi connectivity index (χ1n) is 21.7. The van der Waals surface area contributed by atoms with Gasteiger partial charge in [-0.05, 0) is 82.3 Å². The van der Waals surface area contributed by atoms with E-state index in [1.807, 2.05) is 113 Å². The van der Waals surface area contributed by atoms with Gasteiger partial charge in [0, 0.05) is 112 Å². The van der Waals surface area contributed by atoms with Gasteiger partial charge < -0.3 is 19.3 Å². The van der Waals surface area contributed by atoms with E-state index in [-0.39, 0.29) is 11.8 Å². The third kappa shape index (κ3) is 4.94. The molecule has 0 bridgehead atoms. The topological polar surface area (TPSA) is 65.6 Å². The largest absolute Gasteiger partial charge is 0.456 e. The molecule has 0 saturated heterocycles. The van der Waals surface area contributed by atoms with E-state index in [1.165, 1.54) is 0 Å². The van der Waals surface area contributed by atoms with E-state index in [0.717, 1.165) is 82.3 Å². The summed E-state index contributed by atoms with van der Waals surface area (Å²) in [4.78, 5) is 39.0. The summed E-state index contributed by atoms with van der Waals surface area (Å²) in [5, 5.41) is 0. The molecule has 7 aromatic rings. The lowest BCUT2D eigenvalue weighted by Gasteiger charge is -2.48. The summed E-state index contributed by atoms with van der Waals surface area (Å²) < 4.78 is 14.3. The van der Waals surface area contributed by atoms with Gasteiger partial charge >= 0.3 is 0 Å². The average molecular weight is 815 g/mol. The van der Waals surface area contributed by atoms with Crippen LogP contribution >= 0.6 is 0 Å². The van der Waals surface area contributed by atoms with E-state index in [9.17, 15) is 0 Å². The molecule has 2 spiro atoms. The monoisotopic (exact) mass is 814 g/mol. The van der Waals surface area contributed by atoms with Crippen molar-refractivity contribution in [2.24, 2.45) is 0 Å². The van der Waals surface area contributed by atoms with Crippen molar-refractivity contribution < 1.29 is 19.1 Å². The normalized spacial score (nSPS) is 18.6.